The summed E-state index contributed by atoms with van der Waals surface area (Å²) in [7, 11) is 0. The molecule has 3 nitrogen and oxygen atoms in total. The lowest BCUT2D eigenvalue weighted by molar-refractivity contribution is -0.193. The number of ether oxygens (including phenoxy) is 2. The van der Waals surface area contributed by atoms with Gasteiger partial charge in [0.25, 0.3) is 0 Å². The third-order valence-corrected chi connectivity index (χ3v) is 6.79. The van der Waals surface area contributed by atoms with Crippen LogP contribution in [0.15, 0.2) is 0 Å². The summed E-state index contributed by atoms with van der Waals surface area (Å²) in [5.74, 6) is 5.51. The Morgan fingerprint density at radius 2 is 1.86 bits per heavy atom. The van der Waals surface area contributed by atoms with Crippen LogP contribution in [-0.2, 0) is 14.3 Å². The molecule has 118 valence electrons. The zero-order valence-corrected chi connectivity index (χ0v) is 13.3. The van der Waals surface area contributed by atoms with Crippen molar-refractivity contribution in [3.63, 3.8) is 0 Å². The fourth-order valence-corrected chi connectivity index (χ4v) is 6.38. The summed E-state index contributed by atoms with van der Waals surface area (Å²) in [5.41, 5.74) is 0. The molecule has 0 aliphatic heterocycles. The summed E-state index contributed by atoms with van der Waals surface area (Å²) in [6.07, 6.45) is 8.36. The molecule has 0 aromatic rings. The minimum atomic E-state index is -0.370. The minimum absolute atomic E-state index is 0.119. The van der Waals surface area contributed by atoms with E-state index in [4.69, 9.17) is 9.47 Å². The van der Waals surface area contributed by atoms with Gasteiger partial charge in [0.1, 0.15) is 0 Å². The second-order valence-corrected chi connectivity index (χ2v) is 7.87. The van der Waals surface area contributed by atoms with Crippen molar-refractivity contribution >= 4 is 5.97 Å². The molecule has 0 amide bonds. The first-order valence-corrected chi connectivity index (χ1v) is 9.02. The Bertz CT molecular complexity index is 421. The van der Waals surface area contributed by atoms with Crippen LogP contribution >= 0.6 is 0 Å². The quantitative estimate of drug-likeness (QED) is 0.439. The summed E-state index contributed by atoms with van der Waals surface area (Å²) >= 11 is 0. The Labute approximate surface area is 127 Å². The van der Waals surface area contributed by atoms with E-state index >= 15 is 0 Å². The van der Waals surface area contributed by atoms with Crippen LogP contribution in [0.4, 0.5) is 0 Å². The maximum atomic E-state index is 11.6. The average molecular weight is 292 g/mol. The molecule has 8 atom stereocenters. The van der Waals surface area contributed by atoms with Crippen LogP contribution in [0.5, 0.6) is 0 Å². The molecular formula is C18H28O3. The van der Waals surface area contributed by atoms with Crippen LogP contribution in [0.1, 0.15) is 58.8 Å². The molecule has 8 unspecified atom stereocenters. The molecule has 0 aromatic carbocycles. The largest absolute Gasteiger partial charge is 0.436 e. The maximum absolute atomic E-state index is 11.6. The molecule has 0 saturated heterocycles. The van der Waals surface area contributed by atoms with Gasteiger partial charge in [0.05, 0.1) is 6.10 Å². The van der Waals surface area contributed by atoms with Crippen molar-refractivity contribution < 1.29 is 14.3 Å². The van der Waals surface area contributed by atoms with E-state index in [9.17, 15) is 4.79 Å². The zero-order valence-electron chi connectivity index (χ0n) is 13.3. The molecule has 0 radical (unpaired) electrons. The Hall–Kier alpha value is -0.570. The smallest absolute Gasteiger partial charge is 0.308 e. The predicted molar refractivity (Wildman–Crippen MR) is 79.4 cm³/mol. The van der Waals surface area contributed by atoms with Crippen molar-refractivity contribution in [2.45, 2.75) is 71.2 Å². The number of hydrogen-bond acceptors (Lipinski definition) is 3. The summed E-state index contributed by atoms with van der Waals surface area (Å²) in [4.78, 5) is 11.6. The van der Waals surface area contributed by atoms with Gasteiger partial charge in [0, 0.05) is 6.42 Å². The number of rotatable bonds is 5. The molecule has 0 spiro atoms. The van der Waals surface area contributed by atoms with Crippen LogP contribution < -0.4 is 0 Å². The van der Waals surface area contributed by atoms with Crippen LogP contribution in [-0.4, -0.2) is 18.4 Å². The number of carbonyl (C=O) groups is 1. The molecule has 3 heteroatoms. The Morgan fingerprint density at radius 3 is 2.62 bits per heavy atom. The Morgan fingerprint density at radius 1 is 1.10 bits per heavy atom. The van der Waals surface area contributed by atoms with Crippen LogP contribution in [0.3, 0.4) is 0 Å². The number of fused-ring (bicyclic) bond motifs is 9. The van der Waals surface area contributed by atoms with E-state index in [2.05, 4.69) is 0 Å². The molecule has 0 N–H and O–H groups in total. The Balaban J connectivity index is 1.35. The average Bonchev–Trinajstić information content (AvgIpc) is 3.17. The number of esters is 1. The molecule has 4 aliphatic carbocycles. The monoisotopic (exact) mass is 292 g/mol. The second-order valence-electron chi connectivity index (χ2n) is 7.87. The summed E-state index contributed by atoms with van der Waals surface area (Å²) in [6, 6.07) is 0. The van der Waals surface area contributed by atoms with Gasteiger partial charge in [0.2, 0.25) is 0 Å². The second kappa shape index (κ2) is 5.26. The van der Waals surface area contributed by atoms with E-state index in [0.717, 1.165) is 41.9 Å². The van der Waals surface area contributed by atoms with Crippen molar-refractivity contribution in [1.29, 1.82) is 0 Å². The molecular weight excluding hydrogens is 264 g/mol. The molecule has 4 aliphatic rings. The van der Waals surface area contributed by atoms with Crippen molar-refractivity contribution in [3.8, 4) is 0 Å². The molecule has 4 saturated carbocycles. The summed E-state index contributed by atoms with van der Waals surface area (Å²) < 4.78 is 11.5. The highest BCUT2D eigenvalue weighted by atomic mass is 16.7. The van der Waals surface area contributed by atoms with Crippen LogP contribution in [0, 0.1) is 35.5 Å². The van der Waals surface area contributed by atoms with Crippen molar-refractivity contribution in [2.24, 2.45) is 35.5 Å². The van der Waals surface area contributed by atoms with Crippen molar-refractivity contribution in [3.05, 3.63) is 0 Å². The number of carbonyl (C=O) groups excluding carboxylic acids is 1. The van der Waals surface area contributed by atoms with E-state index in [1.807, 2.05) is 13.8 Å². The van der Waals surface area contributed by atoms with Gasteiger partial charge in [0.15, 0.2) is 6.29 Å². The topological polar surface area (TPSA) is 35.5 Å². The first-order valence-electron chi connectivity index (χ1n) is 9.02. The zero-order chi connectivity index (χ0) is 14.6. The third kappa shape index (κ3) is 2.23. The fourth-order valence-electron chi connectivity index (χ4n) is 6.38. The molecule has 4 bridgehead atoms. The first-order chi connectivity index (χ1) is 10.2. The maximum Gasteiger partial charge on any atom is 0.308 e. The lowest BCUT2D eigenvalue weighted by atomic mass is 9.70. The SMILES string of the molecule is CCCC(=O)OC(C)OC1CC2CC1C1C3CCC(C3)C21. The predicted octanol–water partition coefficient (Wildman–Crippen LogP) is 3.76. The first kappa shape index (κ1) is 14.0. The van der Waals surface area contributed by atoms with Gasteiger partial charge in [-0.25, -0.2) is 0 Å². The van der Waals surface area contributed by atoms with Crippen molar-refractivity contribution in [2.75, 3.05) is 0 Å². The van der Waals surface area contributed by atoms with Gasteiger partial charge in [-0.2, -0.15) is 0 Å². The molecule has 0 heterocycles. The highest BCUT2D eigenvalue weighted by Crippen LogP contribution is 2.67. The van der Waals surface area contributed by atoms with E-state index in [1.54, 1.807) is 0 Å². The normalized spacial score (nSPS) is 47.6. The number of hydrogen-bond donors (Lipinski definition) is 0. The van der Waals surface area contributed by atoms with Gasteiger partial charge < -0.3 is 9.47 Å². The summed E-state index contributed by atoms with van der Waals surface area (Å²) in [5, 5.41) is 0. The van der Waals surface area contributed by atoms with E-state index in [-0.39, 0.29) is 12.3 Å². The molecule has 21 heavy (non-hydrogen) atoms. The highest BCUT2D eigenvalue weighted by Gasteiger charge is 2.62. The lowest BCUT2D eigenvalue weighted by Crippen LogP contribution is -2.38. The molecule has 4 rings (SSSR count). The summed E-state index contributed by atoms with van der Waals surface area (Å²) in [6.45, 7) is 3.88. The molecule has 4 fully saturated rings. The minimum Gasteiger partial charge on any atom is -0.436 e. The van der Waals surface area contributed by atoms with Gasteiger partial charge in [-0.05, 0) is 81.0 Å². The van der Waals surface area contributed by atoms with Gasteiger partial charge in [-0.1, -0.05) is 6.92 Å². The lowest BCUT2D eigenvalue weighted by Gasteiger charge is -2.39. The highest BCUT2D eigenvalue weighted by molar-refractivity contribution is 5.69. The van der Waals surface area contributed by atoms with E-state index < -0.39 is 0 Å². The standard InChI is InChI=1S/C18H28O3/c1-3-4-16(19)21-10(2)20-15-9-13-8-14(15)18-12-6-5-11(7-12)17(13)18/h10-15,17-18H,3-9H2,1-2H3. The van der Waals surface area contributed by atoms with Crippen LogP contribution in [0.25, 0.3) is 0 Å². The van der Waals surface area contributed by atoms with E-state index in [1.165, 1.54) is 32.1 Å². The van der Waals surface area contributed by atoms with Gasteiger partial charge >= 0.3 is 5.97 Å². The Kier molecular flexibility index (Phi) is 3.52. The third-order valence-electron chi connectivity index (χ3n) is 6.79. The van der Waals surface area contributed by atoms with E-state index in [0.29, 0.717) is 12.5 Å². The van der Waals surface area contributed by atoms with Gasteiger partial charge in [-0.15, -0.1) is 0 Å². The van der Waals surface area contributed by atoms with Gasteiger partial charge in [-0.3, -0.25) is 4.79 Å². The molecule has 0 aromatic heterocycles. The van der Waals surface area contributed by atoms with Crippen LogP contribution in [0.2, 0.25) is 0 Å². The fraction of sp³-hybridized carbons (Fsp3) is 0.944. The van der Waals surface area contributed by atoms with Crippen molar-refractivity contribution in [1.82, 2.24) is 0 Å².